The molecule has 2 saturated heterocycles. The Balaban J connectivity index is 1.57. The quantitative estimate of drug-likeness (QED) is 0.573. The van der Waals surface area contributed by atoms with Crippen molar-refractivity contribution in [1.82, 2.24) is 15.6 Å². The average molecular weight is 400 g/mol. The number of nitrogens with zero attached hydrogens (tertiary/aromatic N) is 3. The van der Waals surface area contributed by atoms with Crippen molar-refractivity contribution in [3.05, 3.63) is 23.4 Å². The fraction of sp³-hybridized carbons (Fsp3) is 0.647. The van der Waals surface area contributed by atoms with Gasteiger partial charge in [-0.1, -0.05) is 11.6 Å². The van der Waals surface area contributed by atoms with Crippen molar-refractivity contribution in [2.45, 2.75) is 25.8 Å². The van der Waals surface area contributed by atoms with Crippen LogP contribution < -0.4 is 15.5 Å². The molecule has 7 nitrogen and oxygen atoms in total. The summed E-state index contributed by atoms with van der Waals surface area (Å²) in [5.41, 5.74) is 0. The van der Waals surface area contributed by atoms with E-state index in [0.29, 0.717) is 23.7 Å². The summed E-state index contributed by atoms with van der Waals surface area (Å²) in [4.78, 5) is 11.2. The number of pyridine rings is 1. The number of guanidine groups is 1. The SMILES string of the molecule is CCNC(=NCC1CCS(=O)(=O)C1)NC1CCN(c2ncccc2Cl)C1. The van der Waals surface area contributed by atoms with Gasteiger partial charge in [-0.25, -0.2) is 13.4 Å². The van der Waals surface area contributed by atoms with E-state index in [1.807, 2.05) is 19.1 Å². The lowest BCUT2D eigenvalue weighted by molar-refractivity contribution is 0.586. The van der Waals surface area contributed by atoms with E-state index in [-0.39, 0.29) is 17.7 Å². The summed E-state index contributed by atoms with van der Waals surface area (Å²) >= 11 is 6.24. The lowest BCUT2D eigenvalue weighted by atomic mass is 10.1. The van der Waals surface area contributed by atoms with Crippen LogP contribution in [0.3, 0.4) is 0 Å². The van der Waals surface area contributed by atoms with Crippen molar-refractivity contribution in [1.29, 1.82) is 0 Å². The van der Waals surface area contributed by atoms with Crippen molar-refractivity contribution in [3.63, 3.8) is 0 Å². The van der Waals surface area contributed by atoms with E-state index in [1.165, 1.54) is 0 Å². The van der Waals surface area contributed by atoms with Crippen LogP contribution in [0.5, 0.6) is 0 Å². The number of sulfone groups is 1. The highest BCUT2D eigenvalue weighted by molar-refractivity contribution is 7.91. The van der Waals surface area contributed by atoms with Crippen LogP contribution in [0.1, 0.15) is 19.8 Å². The molecule has 2 fully saturated rings. The molecule has 2 N–H and O–H groups in total. The molecular formula is C17H26ClN5O2S. The number of aromatic nitrogens is 1. The molecule has 0 amide bonds. The minimum atomic E-state index is -2.86. The van der Waals surface area contributed by atoms with Crippen molar-refractivity contribution < 1.29 is 8.42 Å². The van der Waals surface area contributed by atoms with Crippen LogP contribution in [0.15, 0.2) is 23.3 Å². The molecule has 0 radical (unpaired) electrons. The van der Waals surface area contributed by atoms with Gasteiger partial charge in [0.25, 0.3) is 0 Å². The summed E-state index contributed by atoms with van der Waals surface area (Å²) < 4.78 is 23.2. The molecule has 2 aliphatic rings. The second kappa shape index (κ2) is 8.43. The summed E-state index contributed by atoms with van der Waals surface area (Å²) in [7, 11) is -2.86. The molecule has 0 saturated carbocycles. The monoisotopic (exact) mass is 399 g/mol. The van der Waals surface area contributed by atoms with Crippen LogP contribution in [0.25, 0.3) is 0 Å². The van der Waals surface area contributed by atoms with Crippen LogP contribution >= 0.6 is 11.6 Å². The zero-order valence-electron chi connectivity index (χ0n) is 15.0. The molecule has 0 spiro atoms. The third-order valence-corrected chi connectivity index (χ3v) is 6.88. The molecule has 2 aliphatic heterocycles. The first-order valence-corrected chi connectivity index (χ1v) is 11.3. The first-order valence-electron chi connectivity index (χ1n) is 9.07. The maximum atomic E-state index is 11.6. The van der Waals surface area contributed by atoms with Gasteiger partial charge in [-0.15, -0.1) is 0 Å². The lowest BCUT2D eigenvalue weighted by Crippen LogP contribution is -2.45. The second-order valence-electron chi connectivity index (χ2n) is 6.87. The lowest BCUT2D eigenvalue weighted by Gasteiger charge is -2.20. The van der Waals surface area contributed by atoms with E-state index in [9.17, 15) is 8.42 Å². The van der Waals surface area contributed by atoms with Crippen LogP contribution in [-0.2, 0) is 9.84 Å². The predicted molar refractivity (Wildman–Crippen MR) is 106 cm³/mol. The molecular weight excluding hydrogens is 374 g/mol. The number of halogens is 1. The largest absolute Gasteiger partial charge is 0.357 e. The zero-order valence-corrected chi connectivity index (χ0v) is 16.6. The number of anilines is 1. The summed E-state index contributed by atoms with van der Waals surface area (Å²) in [5, 5.41) is 7.37. The smallest absolute Gasteiger partial charge is 0.191 e. The predicted octanol–water partition coefficient (Wildman–Crippen LogP) is 1.30. The minimum Gasteiger partial charge on any atom is -0.357 e. The van der Waals surface area contributed by atoms with E-state index >= 15 is 0 Å². The number of hydrogen-bond acceptors (Lipinski definition) is 5. The Morgan fingerprint density at radius 3 is 3.00 bits per heavy atom. The van der Waals surface area contributed by atoms with Crippen LogP contribution in [0, 0.1) is 5.92 Å². The summed E-state index contributed by atoms with van der Waals surface area (Å²) in [5.74, 6) is 2.24. The molecule has 0 bridgehead atoms. The number of nitrogens with one attached hydrogen (secondary N) is 2. The Morgan fingerprint density at radius 2 is 2.31 bits per heavy atom. The van der Waals surface area contributed by atoms with Gasteiger partial charge < -0.3 is 15.5 Å². The van der Waals surface area contributed by atoms with Gasteiger partial charge in [0, 0.05) is 38.4 Å². The first-order chi connectivity index (χ1) is 12.5. The Labute approximate surface area is 160 Å². The summed E-state index contributed by atoms with van der Waals surface area (Å²) in [6.45, 7) is 5.01. The van der Waals surface area contributed by atoms with Gasteiger partial charge in [0.1, 0.15) is 5.82 Å². The Morgan fingerprint density at radius 1 is 1.46 bits per heavy atom. The fourth-order valence-corrected chi connectivity index (χ4v) is 5.52. The van der Waals surface area contributed by atoms with Crippen molar-refractivity contribution >= 4 is 33.2 Å². The molecule has 0 aromatic carbocycles. The van der Waals surface area contributed by atoms with E-state index in [4.69, 9.17) is 11.6 Å². The minimum absolute atomic E-state index is 0.128. The van der Waals surface area contributed by atoms with Gasteiger partial charge in [-0.05, 0) is 37.8 Å². The molecule has 1 aromatic heterocycles. The highest BCUT2D eigenvalue weighted by Gasteiger charge is 2.28. The van der Waals surface area contributed by atoms with Crippen LogP contribution in [0.4, 0.5) is 5.82 Å². The van der Waals surface area contributed by atoms with Gasteiger partial charge in [-0.2, -0.15) is 0 Å². The molecule has 144 valence electrons. The molecule has 9 heteroatoms. The Hall–Kier alpha value is -1.54. The van der Waals surface area contributed by atoms with E-state index in [0.717, 1.165) is 37.8 Å². The maximum Gasteiger partial charge on any atom is 0.191 e. The molecule has 0 aliphatic carbocycles. The van der Waals surface area contributed by atoms with Crippen molar-refractivity contribution in [2.75, 3.05) is 42.6 Å². The number of rotatable bonds is 5. The van der Waals surface area contributed by atoms with E-state index in [1.54, 1.807) is 6.20 Å². The number of aliphatic imine (C=N–C) groups is 1. The van der Waals surface area contributed by atoms with Crippen LogP contribution in [-0.4, -0.2) is 63.1 Å². The third-order valence-electron chi connectivity index (χ3n) is 4.75. The zero-order chi connectivity index (χ0) is 18.6. The van der Waals surface area contributed by atoms with E-state index < -0.39 is 9.84 Å². The molecule has 26 heavy (non-hydrogen) atoms. The standard InChI is InChI=1S/C17H26ClN5O2S/c1-2-19-17(21-10-13-6-9-26(24,25)12-13)22-14-5-8-23(11-14)16-15(18)4-3-7-20-16/h3-4,7,13-14H,2,5-6,8-12H2,1H3,(H2,19,21,22). The highest BCUT2D eigenvalue weighted by Crippen LogP contribution is 2.25. The van der Waals surface area contributed by atoms with Gasteiger partial charge in [-0.3, -0.25) is 4.99 Å². The van der Waals surface area contributed by atoms with Gasteiger partial charge in [0.2, 0.25) is 0 Å². The third kappa shape index (κ3) is 5.01. The van der Waals surface area contributed by atoms with Crippen molar-refractivity contribution in [3.8, 4) is 0 Å². The van der Waals surface area contributed by atoms with Crippen LogP contribution in [0.2, 0.25) is 5.02 Å². The molecule has 1 aromatic rings. The van der Waals surface area contributed by atoms with Gasteiger partial charge >= 0.3 is 0 Å². The van der Waals surface area contributed by atoms with Crippen molar-refractivity contribution in [2.24, 2.45) is 10.9 Å². The first kappa shape index (κ1) is 19.2. The Bertz CT molecular complexity index is 755. The highest BCUT2D eigenvalue weighted by atomic mass is 35.5. The summed E-state index contributed by atoms with van der Waals surface area (Å²) in [6.07, 6.45) is 3.43. The average Bonchev–Trinajstić information content (AvgIpc) is 3.19. The molecule has 2 unspecified atom stereocenters. The van der Waals surface area contributed by atoms with E-state index in [2.05, 4.69) is 25.5 Å². The van der Waals surface area contributed by atoms with Gasteiger partial charge in [0.15, 0.2) is 15.8 Å². The molecule has 3 heterocycles. The van der Waals surface area contributed by atoms with Gasteiger partial charge in [0.05, 0.1) is 16.5 Å². The topological polar surface area (TPSA) is 86.7 Å². The maximum absolute atomic E-state index is 11.6. The molecule has 3 rings (SSSR count). The second-order valence-corrected chi connectivity index (χ2v) is 9.51. The molecule has 2 atom stereocenters. The normalized spacial score (nSPS) is 25.5. The Kier molecular flexibility index (Phi) is 6.24. The number of hydrogen-bond donors (Lipinski definition) is 2. The summed E-state index contributed by atoms with van der Waals surface area (Å²) in [6, 6.07) is 3.93. The fourth-order valence-electron chi connectivity index (χ4n) is 3.43.